The van der Waals surface area contributed by atoms with Crippen LogP contribution in [-0.2, 0) is 0 Å². The monoisotopic (exact) mass is 300 g/mol. The van der Waals surface area contributed by atoms with E-state index < -0.39 is 0 Å². The third-order valence-electron chi connectivity index (χ3n) is 2.94. The number of nitrogens with two attached hydrogens (primary N) is 1. The number of imidazole rings is 2. The Labute approximate surface area is 126 Å². The Morgan fingerprint density at radius 1 is 1.38 bits per heavy atom. The van der Waals surface area contributed by atoms with Crippen LogP contribution in [0.25, 0.3) is 5.69 Å². The molecule has 0 aliphatic heterocycles. The predicted octanol–water partition coefficient (Wildman–Crippen LogP) is 2.50. The number of aromatic nitrogens is 4. The highest BCUT2D eigenvalue weighted by Gasteiger charge is 2.03. The maximum atomic E-state index is 6.28. The Morgan fingerprint density at radius 3 is 2.86 bits per heavy atom. The molecule has 0 aliphatic carbocycles. The summed E-state index contributed by atoms with van der Waals surface area (Å²) in [5.41, 5.74) is 8.27. The van der Waals surface area contributed by atoms with Gasteiger partial charge in [-0.3, -0.25) is 0 Å². The van der Waals surface area contributed by atoms with Gasteiger partial charge in [0.25, 0.3) is 0 Å². The number of benzene rings is 1. The smallest absolute Gasteiger partial charge is 0.221 e. The average Bonchev–Trinajstić information content (AvgIpc) is 3.07. The van der Waals surface area contributed by atoms with Gasteiger partial charge in [0.05, 0.1) is 29.5 Å². The minimum Gasteiger partial charge on any atom is -0.368 e. The third kappa shape index (κ3) is 2.80. The van der Waals surface area contributed by atoms with Gasteiger partial charge in [0.15, 0.2) is 0 Å². The van der Waals surface area contributed by atoms with Gasteiger partial charge < -0.3 is 10.3 Å². The fourth-order valence-corrected chi connectivity index (χ4v) is 2.14. The van der Waals surface area contributed by atoms with Crippen molar-refractivity contribution < 1.29 is 0 Å². The molecule has 2 N–H and O–H groups in total. The fourth-order valence-electron chi connectivity index (χ4n) is 1.91. The number of nitrogen functional groups attached to an aromatic ring is 1. The lowest BCUT2D eigenvalue weighted by Crippen LogP contribution is -1.97. The number of hydrogen-bond acceptors (Lipinski definition) is 4. The summed E-state index contributed by atoms with van der Waals surface area (Å²) < 4.78 is 3.39. The Bertz CT molecular complexity index is 788. The Balaban J connectivity index is 1.88. The van der Waals surface area contributed by atoms with Gasteiger partial charge in [-0.05, 0) is 25.1 Å². The summed E-state index contributed by atoms with van der Waals surface area (Å²) >= 11 is 6.28. The van der Waals surface area contributed by atoms with Crippen molar-refractivity contribution in [2.75, 3.05) is 5.73 Å². The zero-order valence-electron chi connectivity index (χ0n) is 11.3. The van der Waals surface area contributed by atoms with Gasteiger partial charge in [0.2, 0.25) is 5.95 Å². The molecule has 2 heterocycles. The van der Waals surface area contributed by atoms with Gasteiger partial charge in [-0.15, -0.1) is 0 Å². The third-order valence-corrected chi connectivity index (χ3v) is 3.27. The van der Waals surface area contributed by atoms with Crippen molar-refractivity contribution in [1.82, 2.24) is 19.2 Å². The van der Waals surface area contributed by atoms with Crippen molar-refractivity contribution in [3.05, 3.63) is 59.4 Å². The Hall–Kier alpha value is -2.60. The summed E-state index contributed by atoms with van der Waals surface area (Å²) in [5, 5.41) is 4.85. The summed E-state index contributed by atoms with van der Waals surface area (Å²) in [5.74, 6) is 0.343. The van der Waals surface area contributed by atoms with Crippen LogP contribution in [0.4, 0.5) is 5.95 Å². The molecule has 3 rings (SSSR count). The summed E-state index contributed by atoms with van der Waals surface area (Å²) in [6.45, 7) is 1.86. The van der Waals surface area contributed by atoms with Crippen molar-refractivity contribution in [2.45, 2.75) is 6.92 Å². The molecule has 0 fully saturated rings. The molecule has 6 nitrogen and oxygen atoms in total. The molecule has 3 aromatic rings. The maximum absolute atomic E-state index is 6.28. The molecule has 0 atom stereocenters. The highest BCUT2D eigenvalue weighted by atomic mass is 35.5. The lowest BCUT2D eigenvalue weighted by molar-refractivity contribution is 0.897. The van der Waals surface area contributed by atoms with E-state index in [9.17, 15) is 0 Å². The van der Waals surface area contributed by atoms with Crippen molar-refractivity contribution in [1.29, 1.82) is 0 Å². The summed E-state index contributed by atoms with van der Waals surface area (Å²) in [6.07, 6.45) is 8.69. The van der Waals surface area contributed by atoms with Crippen LogP contribution in [0.2, 0.25) is 5.02 Å². The second kappa shape index (κ2) is 5.41. The quantitative estimate of drug-likeness (QED) is 0.755. The molecule has 106 valence electrons. The van der Waals surface area contributed by atoms with Crippen molar-refractivity contribution in [3.8, 4) is 5.69 Å². The molecule has 2 aromatic heterocycles. The summed E-state index contributed by atoms with van der Waals surface area (Å²) in [4.78, 5) is 8.09. The number of anilines is 1. The summed E-state index contributed by atoms with van der Waals surface area (Å²) in [7, 11) is 0. The average molecular weight is 301 g/mol. The zero-order chi connectivity index (χ0) is 14.8. The molecule has 0 saturated heterocycles. The van der Waals surface area contributed by atoms with E-state index >= 15 is 0 Å². The maximum Gasteiger partial charge on any atom is 0.221 e. The Morgan fingerprint density at radius 2 is 2.24 bits per heavy atom. The molecule has 1 aromatic carbocycles. The second-order valence-electron chi connectivity index (χ2n) is 4.51. The molecule has 0 amide bonds. The molecule has 21 heavy (non-hydrogen) atoms. The minimum atomic E-state index is 0.343. The molecular weight excluding hydrogens is 288 g/mol. The number of aryl methyl sites for hydroxylation is 1. The number of halogens is 1. The number of hydrogen-bond donors (Lipinski definition) is 1. The lowest BCUT2D eigenvalue weighted by atomic mass is 10.2. The van der Waals surface area contributed by atoms with Crippen LogP contribution in [0.3, 0.4) is 0 Å². The van der Waals surface area contributed by atoms with E-state index in [1.165, 1.54) is 4.68 Å². The van der Waals surface area contributed by atoms with E-state index in [2.05, 4.69) is 15.1 Å². The first-order valence-corrected chi connectivity index (χ1v) is 6.65. The van der Waals surface area contributed by atoms with Crippen molar-refractivity contribution in [2.24, 2.45) is 5.10 Å². The van der Waals surface area contributed by atoms with Crippen LogP contribution in [0.1, 0.15) is 11.3 Å². The highest BCUT2D eigenvalue weighted by molar-refractivity contribution is 6.33. The van der Waals surface area contributed by atoms with E-state index in [0.717, 1.165) is 16.9 Å². The fraction of sp³-hybridized carbons (Fsp3) is 0.0714. The SMILES string of the molecule is Cc1cn(N=Cc2ccc(-n3ccnc3)cc2Cl)c(N)n1. The lowest BCUT2D eigenvalue weighted by Gasteiger charge is -2.04. The minimum absolute atomic E-state index is 0.343. The Kier molecular flexibility index (Phi) is 3.45. The van der Waals surface area contributed by atoms with Crippen LogP contribution in [-0.4, -0.2) is 25.4 Å². The van der Waals surface area contributed by atoms with Gasteiger partial charge in [-0.2, -0.15) is 5.10 Å². The molecule has 0 unspecified atom stereocenters. The van der Waals surface area contributed by atoms with Gasteiger partial charge in [-0.25, -0.2) is 14.6 Å². The topological polar surface area (TPSA) is 74.0 Å². The molecule has 0 radical (unpaired) electrons. The van der Waals surface area contributed by atoms with Crippen molar-refractivity contribution in [3.63, 3.8) is 0 Å². The van der Waals surface area contributed by atoms with Crippen LogP contribution in [0.15, 0.2) is 48.2 Å². The van der Waals surface area contributed by atoms with E-state index in [1.54, 1.807) is 24.9 Å². The largest absolute Gasteiger partial charge is 0.368 e. The van der Waals surface area contributed by atoms with Crippen molar-refractivity contribution >= 4 is 23.8 Å². The van der Waals surface area contributed by atoms with Crippen LogP contribution < -0.4 is 5.73 Å². The zero-order valence-corrected chi connectivity index (χ0v) is 12.1. The predicted molar refractivity (Wildman–Crippen MR) is 82.9 cm³/mol. The molecule has 7 heteroatoms. The molecule has 0 aliphatic rings. The molecular formula is C14H13ClN6. The van der Waals surface area contributed by atoms with E-state index in [4.69, 9.17) is 17.3 Å². The van der Waals surface area contributed by atoms with Gasteiger partial charge in [-0.1, -0.05) is 11.6 Å². The van der Waals surface area contributed by atoms with Gasteiger partial charge in [0, 0.05) is 23.6 Å². The van der Waals surface area contributed by atoms with Crippen LogP contribution in [0.5, 0.6) is 0 Å². The van der Waals surface area contributed by atoms with Gasteiger partial charge >= 0.3 is 0 Å². The molecule has 0 bridgehead atoms. The van der Waals surface area contributed by atoms with E-state index in [-0.39, 0.29) is 0 Å². The van der Waals surface area contributed by atoms with E-state index in [0.29, 0.717) is 11.0 Å². The second-order valence-corrected chi connectivity index (χ2v) is 4.91. The first kappa shape index (κ1) is 13.4. The standard InChI is InChI=1S/C14H13ClN6/c1-10-8-21(14(16)19-10)18-7-11-2-3-12(6-13(11)15)20-5-4-17-9-20/h2-9H,1H3,(H2,16,19). The number of rotatable bonds is 3. The van der Waals surface area contributed by atoms with Crippen LogP contribution in [0, 0.1) is 6.92 Å². The van der Waals surface area contributed by atoms with Crippen LogP contribution >= 0.6 is 11.6 Å². The molecule has 0 saturated carbocycles. The molecule has 0 spiro atoms. The normalized spacial score (nSPS) is 11.3. The first-order valence-electron chi connectivity index (χ1n) is 6.27. The van der Waals surface area contributed by atoms with E-state index in [1.807, 2.05) is 35.9 Å². The highest BCUT2D eigenvalue weighted by Crippen LogP contribution is 2.19. The van der Waals surface area contributed by atoms with Gasteiger partial charge in [0.1, 0.15) is 0 Å². The first-order chi connectivity index (χ1) is 10.1. The number of nitrogens with zero attached hydrogens (tertiary/aromatic N) is 5. The summed E-state index contributed by atoms with van der Waals surface area (Å²) in [6, 6.07) is 5.69.